The molecule has 0 amide bonds. The number of hydrogen-bond donors (Lipinski definition) is 0. The zero-order valence-electron chi connectivity index (χ0n) is 42.9. The highest BCUT2D eigenvalue weighted by atomic mass is 16.6. The Bertz CT molecular complexity index is 1480. The standard InChI is InChI=1S/C61H96O6/c1-4-7-10-13-16-19-22-25-28-30-31-32-34-36-39-42-45-48-51-54-60(63)66-57-58(56-65-59(62)53-50-47-44-41-38-35-27-24-21-18-15-12-9-6-3)67-61(64)55-52-49-46-43-40-37-33-29-26-23-20-17-14-11-8-5-2/h7,9-10,12,16,18-19,21,25,27-29,31-33,35-37,39-40,45,48,58H,4-6,8,11,13-15,17,20,22-24,26,30,34,38,41-44,46-47,49-57H2,1-3H3/b10-7-,12-9-,19-16-,21-18-,28-25-,32-31-,33-29-,35-27-,39-36-,40-37-,48-45-. The Morgan fingerprint density at radius 2 is 0.657 bits per heavy atom. The van der Waals surface area contributed by atoms with Crippen molar-refractivity contribution in [3.05, 3.63) is 134 Å². The molecule has 376 valence electrons. The molecule has 0 saturated carbocycles. The lowest BCUT2D eigenvalue weighted by atomic mass is 10.1. The number of rotatable bonds is 46. The van der Waals surface area contributed by atoms with E-state index in [1.165, 1.54) is 44.9 Å². The third-order valence-corrected chi connectivity index (χ3v) is 10.7. The molecule has 0 aliphatic rings. The van der Waals surface area contributed by atoms with E-state index in [0.29, 0.717) is 19.3 Å². The van der Waals surface area contributed by atoms with E-state index >= 15 is 0 Å². The van der Waals surface area contributed by atoms with E-state index in [1.54, 1.807) is 0 Å². The van der Waals surface area contributed by atoms with Gasteiger partial charge in [0.2, 0.25) is 0 Å². The summed E-state index contributed by atoms with van der Waals surface area (Å²) in [4.78, 5) is 38.0. The molecule has 1 unspecified atom stereocenters. The molecule has 0 N–H and O–H groups in total. The highest BCUT2D eigenvalue weighted by molar-refractivity contribution is 5.71. The summed E-state index contributed by atoms with van der Waals surface area (Å²) in [6.07, 6.45) is 75.9. The van der Waals surface area contributed by atoms with Gasteiger partial charge in [0.05, 0.1) is 0 Å². The molecule has 0 fully saturated rings. The molecule has 0 aromatic carbocycles. The summed E-state index contributed by atoms with van der Waals surface area (Å²) in [5.74, 6) is -1.07. The lowest BCUT2D eigenvalue weighted by molar-refractivity contribution is -0.166. The molecule has 0 aliphatic heterocycles. The number of unbranched alkanes of at least 4 members (excludes halogenated alkanes) is 14. The number of hydrogen-bond acceptors (Lipinski definition) is 6. The van der Waals surface area contributed by atoms with Crippen LogP contribution in [0.4, 0.5) is 0 Å². The van der Waals surface area contributed by atoms with Crippen LogP contribution < -0.4 is 0 Å². The number of esters is 3. The molecule has 0 spiro atoms. The van der Waals surface area contributed by atoms with Gasteiger partial charge in [-0.1, -0.05) is 212 Å². The van der Waals surface area contributed by atoms with Crippen molar-refractivity contribution in [1.29, 1.82) is 0 Å². The van der Waals surface area contributed by atoms with Crippen LogP contribution in [-0.4, -0.2) is 37.2 Å². The molecule has 0 aromatic rings. The van der Waals surface area contributed by atoms with Gasteiger partial charge in [0, 0.05) is 19.3 Å². The second-order valence-electron chi connectivity index (χ2n) is 17.0. The van der Waals surface area contributed by atoms with Crippen molar-refractivity contribution < 1.29 is 28.6 Å². The first-order valence-corrected chi connectivity index (χ1v) is 26.7. The molecule has 0 saturated heterocycles. The van der Waals surface area contributed by atoms with Gasteiger partial charge in [-0.25, -0.2) is 0 Å². The fraction of sp³-hybridized carbons (Fsp3) is 0.590. The van der Waals surface area contributed by atoms with Crippen molar-refractivity contribution in [3.63, 3.8) is 0 Å². The Morgan fingerprint density at radius 3 is 1.10 bits per heavy atom. The van der Waals surface area contributed by atoms with Gasteiger partial charge < -0.3 is 14.2 Å². The average Bonchev–Trinajstić information content (AvgIpc) is 3.33. The number of allylic oxidation sites excluding steroid dienone is 22. The van der Waals surface area contributed by atoms with Gasteiger partial charge >= 0.3 is 17.9 Å². The smallest absolute Gasteiger partial charge is 0.306 e. The molecule has 0 aromatic heterocycles. The quantitative estimate of drug-likeness (QED) is 0.0199. The summed E-state index contributed by atoms with van der Waals surface area (Å²) in [5, 5.41) is 0. The first-order chi connectivity index (χ1) is 33.0. The van der Waals surface area contributed by atoms with Gasteiger partial charge in [0.1, 0.15) is 13.2 Å². The van der Waals surface area contributed by atoms with E-state index < -0.39 is 6.10 Å². The largest absolute Gasteiger partial charge is 0.462 e. The summed E-state index contributed by atoms with van der Waals surface area (Å²) >= 11 is 0. The van der Waals surface area contributed by atoms with Gasteiger partial charge in [-0.3, -0.25) is 14.4 Å². The molecule has 6 heteroatoms. The summed E-state index contributed by atoms with van der Waals surface area (Å²) in [6, 6.07) is 0. The Balaban J connectivity index is 4.60. The van der Waals surface area contributed by atoms with Crippen molar-refractivity contribution in [3.8, 4) is 0 Å². The minimum atomic E-state index is -0.837. The summed E-state index contributed by atoms with van der Waals surface area (Å²) in [5.41, 5.74) is 0. The van der Waals surface area contributed by atoms with E-state index in [1.807, 2.05) is 12.2 Å². The van der Waals surface area contributed by atoms with Crippen LogP contribution in [-0.2, 0) is 28.6 Å². The normalized spacial score (nSPS) is 13.2. The Labute approximate surface area is 411 Å². The third kappa shape index (κ3) is 52.4. The SMILES string of the molecule is CC/C=C\C/C=C\C/C=C\C/C=C\C/C=C\C/C=C\CCC(=O)OCC(COC(=O)CCCCCC/C=C\C/C=C\C/C=C\CC)OC(=O)CCCCC/C=C\C=C/CCCCCCCCC. The maximum Gasteiger partial charge on any atom is 0.306 e. The third-order valence-electron chi connectivity index (χ3n) is 10.7. The Morgan fingerprint density at radius 1 is 0.328 bits per heavy atom. The van der Waals surface area contributed by atoms with E-state index in [0.717, 1.165) is 116 Å². The molecule has 0 heterocycles. The van der Waals surface area contributed by atoms with Gasteiger partial charge in [-0.2, -0.15) is 0 Å². The summed E-state index contributed by atoms with van der Waals surface area (Å²) in [6.45, 7) is 6.28. The highest BCUT2D eigenvalue weighted by Gasteiger charge is 2.19. The van der Waals surface area contributed by atoms with Crippen molar-refractivity contribution in [2.24, 2.45) is 0 Å². The van der Waals surface area contributed by atoms with Gasteiger partial charge in [-0.05, 0) is 116 Å². The molecular formula is C61H96O6. The van der Waals surface area contributed by atoms with Crippen LogP contribution in [0.25, 0.3) is 0 Å². The molecule has 0 bridgehead atoms. The average molecular weight is 925 g/mol. The van der Waals surface area contributed by atoms with E-state index in [9.17, 15) is 14.4 Å². The maximum absolute atomic E-state index is 12.8. The van der Waals surface area contributed by atoms with Gasteiger partial charge in [0.15, 0.2) is 6.10 Å². The van der Waals surface area contributed by atoms with Crippen molar-refractivity contribution in [2.75, 3.05) is 13.2 Å². The maximum atomic E-state index is 12.8. The van der Waals surface area contributed by atoms with Crippen LogP contribution in [0.1, 0.15) is 213 Å². The summed E-state index contributed by atoms with van der Waals surface area (Å²) in [7, 11) is 0. The van der Waals surface area contributed by atoms with Crippen LogP contribution in [0.15, 0.2) is 134 Å². The molecule has 0 aliphatic carbocycles. The lowest BCUT2D eigenvalue weighted by Crippen LogP contribution is -2.30. The lowest BCUT2D eigenvalue weighted by Gasteiger charge is -2.18. The number of carbonyl (C=O) groups excluding carboxylic acids is 3. The van der Waals surface area contributed by atoms with Crippen LogP contribution in [0, 0.1) is 0 Å². The fourth-order valence-electron chi connectivity index (χ4n) is 6.71. The van der Waals surface area contributed by atoms with Gasteiger partial charge in [0.25, 0.3) is 0 Å². The zero-order valence-corrected chi connectivity index (χ0v) is 42.9. The van der Waals surface area contributed by atoms with Crippen LogP contribution in [0.2, 0.25) is 0 Å². The minimum absolute atomic E-state index is 0.129. The fourth-order valence-corrected chi connectivity index (χ4v) is 6.71. The molecule has 67 heavy (non-hydrogen) atoms. The van der Waals surface area contributed by atoms with Crippen LogP contribution in [0.3, 0.4) is 0 Å². The second kappa shape index (κ2) is 54.2. The molecule has 6 nitrogen and oxygen atoms in total. The predicted octanol–water partition coefficient (Wildman–Crippen LogP) is 17.9. The zero-order chi connectivity index (χ0) is 48.6. The number of carbonyl (C=O) groups is 3. The molecular weight excluding hydrogens is 829 g/mol. The first kappa shape index (κ1) is 62.5. The topological polar surface area (TPSA) is 78.9 Å². The van der Waals surface area contributed by atoms with Crippen molar-refractivity contribution in [2.45, 2.75) is 219 Å². The Hall–Kier alpha value is -4.45. The first-order valence-electron chi connectivity index (χ1n) is 26.7. The van der Waals surface area contributed by atoms with E-state index in [2.05, 4.69) is 142 Å². The van der Waals surface area contributed by atoms with Crippen molar-refractivity contribution in [1.82, 2.24) is 0 Å². The van der Waals surface area contributed by atoms with Crippen LogP contribution in [0.5, 0.6) is 0 Å². The second-order valence-corrected chi connectivity index (χ2v) is 17.0. The molecule has 0 radical (unpaired) electrons. The number of ether oxygens (including phenoxy) is 3. The van der Waals surface area contributed by atoms with Gasteiger partial charge in [-0.15, -0.1) is 0 Å². The predicted molar refractivity (Wildman–Crippen MR) is 288 cm³/mol. The molecule has 0 rings (SSSR count). The minimum Gasteiger partial charge on any atom is -0.462 e. The van der Waals surface area contributed by atoms with E-state index in [4.69, 9.17) is 14.2 Å². The highest BCUT2D eigenvalue weighted by Crippen LogP contribution is 2.12. The summed E-state index contributed by atoms with van der Waals surface area (Å²) < 4.78 is 16.7. The monoisotopic (exact) mass is 925 g/mol. The van der Waals surface area contributed by atoms with Crippen LogP contribution >= 0.6 is 0 Å². The molecule has 1 atom stereocenters. The van der Waals surface area contributed by atoms with E-state index in [-0.39, 0.29) is 44.0 Å². The Kier molecular flexibility index (Phi) is 50.6. The van der Waals surface area contributed by atoms with Crippen molar-refractivity contribution >= 4 is 17.9 Å².